The summed E-state index contributed by atoms with van der Waals surface area (Å²) in [5.74, 6) is 0.711. The van der Waals surface area contributed by atoms with E-state index in [1.165, 1.54) is 0 Å². The number of hydrogen-bond acceptors (Lipinski definition) is 4. The second kappa shape index (κ2) is 7.00. The molecule has 26 heavy (non-hydrogen) atoms. The van der Waals surface area contributed by atoms with Gasteiger partial charge in [0.25, 0.3) is 0 Å². The molecule has 5 nitrogen and oxygen atoms in total. The van der Waals surface area contributed by atoms with Crippen LogP contribution in [0.25, 0.3) is 0 Å². The zero-order chi connectivity index (χ0) is 18.3. The van der Waals surface area contributed by atoms with Crippen LogP contribution in [0.4, 0.5) is 0 Å². The summed E-state index contributed by atoms with van der Waals surface area (Å²) >= 11 is 12.3. The number of halogens is 2. The molecule has 1 aromatic carbocycles. The number of sulfonamides is 1. The van der Waals surface area contributed by atoms with E-state index in [4.69, 9.17) is 27.9 Å². The maximum Gasteiger partial charge on any atom is 0.246 e. The van der Waals surface area contributed by atoms with Crippen molar-refractivity contribution in [3.05, 3.63) is 52.8 Å². The molecule has 138 valence electrons. The van der Waals surface area contributed by atoms with Crippen LogP contribution >= 0.6 is 23.2 Å². The van der Waals surface area contributed by atoms with Crippen molar-refractivity contribution in [3.63, 3.8) is 0 Å². The molecule has 2 aromatic rings. The normalized spacial score (nSPS) is 26.0. The van der Waals surface area contributed by atoms with E-state index in [1.54, 1.807) is 34.9 Å². The monoisotopic (exact) mass is 412 g/mol. The van der Waals surface area contributed by atoms with Gasteiger partial charge in [0.2, 0.25) is 10.0 Å². The van der Waals surface area contributed by atoms with Gasteiger partial charge in [0, 0.05) is 31.1 Å². The molecule has 0 amide bonds. The van der Waals surface area contributed by atoms with Crippen LogP contribution in [0.5, 0.6) is 5.75 Å². The minimum absolute atomic E-state index is 0.00635. The number of rotatable bonds is 4. The summed E-state index contributed by atoms with van der Waals surface area (Å²) in [5.41, 5.74) is 0. The summed E-state index contributed by atoms with van der Waals surface area (Å²) < 4.78 is 34.1. The lowest BCUT2D eigenvalue weighted by molar-refractivity contribution is 0.0953. The highest BCUT2D eigenvalue weighted by Gasteiger charge is 2.48. The molecule has 0 N–H and O–H groups in total. The topological polar surface area (TPSA) is 59.5 Å². The largest absolute Gasteiger partial charge is 0.489 e. The minimum atomic E-state index is -3.75. The first kappa shape index (κ1) is 18.0. The minimum Gasteiger partial charge on any atom is -0.489 e. The van der Waals surface area contributed by atoms with Gasteiger partial charge in [-0.3, -0.25) is 4.98 Å². The molecule has 4 rings (SSSR count). The Morgan fingerprint density at radius 3 is 2.27 bits per heavy atom. The van der Waals surface area contributed by atoms with Gasteiger partial charge in [-0.1, -0.05) is 29.3 Å². The summed E-state index contributed by atoms with van der Waals surface area (Å²) in [7, 11) is -3.75. The SMILES string of the molecule is O=S(=O)(c1c(Cl)cccc1Cl)N1C2CCC1CC(Oc1cccnc1)C2. The average molecular weight is 413 g/mol. The molecule has 2 fully saturated rings. The first-order valence-corrected chi connectivity index (χ1v) is 10.7. The summed E-state index contributed by atoms with van der Waals surface area (Å²) in [6.45, 7) is 0. The van der Waals surface area contributed by atoms with Crippen molar-refractivity contribution >= 4 is 33.2 Å². The van der Waals surface area contributed by atoms with E-state index in [0.29, 0.717) is 18.6 Å². The fraction of sp³-hybridized carbons (Fsp3) is 0.389. The molecule has 0 spiro atoms. The molecule has 0 saturated carbocycles. The third kappa shape index (κ3) is 3.20. The predicted molar refractivity (Wildman–Crippen MR) is 100 cm³/mol. The third-order valence-corrected chi connectivity index (χ3v) is 7.98. The highest BCUT2D eigenvalue weighted by molar-refractivity contribution is 7.89. The second-order valence-electron chi connectivity index (χ2n) is 6.67. The quantitative estimate of drug-likeness (QED) is 0.756. The Kier molecular flexibility index (Phi) is 4.86. The van der Waals surface area contributed by atoms with E-state index in [0.717, 1.165) is 12.8 Å². The van der Waals surface area contributed by atoms with Gasteiger partial charge in [0.05, 0.1) is 16.2 Å². The van der Waals surface area contributed by atoms with Crippen molar-refractivity contribution in [1.82, 2.24) is 9.29 Å². The standard InChI is InChI=1S/C18H18Cl2N2O3S/c19-16-4-1-5-17(20)18(16)26(23,24)22-12-6-7-13(22)10-15(9-12)25-14-3-2-8-21-11-14/h1-5,8,11-13,15H,6-7,9-10H2. The predicted octanol–water partition coefficient (Wildman–Crippen LogP) is 4.15. The van der Waals surface area contributed by atoms with Gasteiger partial charge < -0.3 is 4.74 Å². The molecule has 2 aliphatic rings. The van der Waals surface area contributed by atoms with E-state index < -0.39 is 10.0 Å². The van der Waals surface area contributed by atoms with Gasteiger partial charge in [-0.05, 0) is 37.1 Å². The van der Waals surface area contributed by atoms with Crippen molar-refractivity contribution in [1.29, 1.82) is 0 Å². The van der Waals surface area contributed by atoms with Gasteiger partial charge >= 0.3 is 0 Å². The number of hydrogen-bond donors (Lipinski definition) is 0. The number of aromatic nitrogens is 1. The summed E-state index contributed by atoms with van der Waals surface area (Å²) in [6.07, 6.45) is 6.27. The number of pyridine rings is 1. The van der Waals surface area contributed by atoms with Gasteiger partial charge in [0.15, 0.2) is 0 Å². The van der Waals surface area contributed by atoms with Crippen molar-refractivity contribution in [2.45, 2.75) is 48.8 Å². The number of piperidine rings is 1. The molecule has 2 bridgehead atoms. The molecule has 2 atom stereocenters. The van der Waals surface area contributed by atoms with E-state index in [-0.39, 0.29) is 33.1 Å². The first-order chi connectivity index (χ1) is 12.5. The molecule has 3 heterocycles. The van der Waals surface area contributed by atoms with Crippen molar-refractivity contribution < 1.29 is 13.2 Å². The summed E-state index contributed by atoms with van der Waals surface area (Å²) in [6, 6.07) is 8.23. The maximum atomic E-state index is 13.3. The van der Waals surface area contributed by atoms with Crippen LogP contribution in [0.3, 0.4) is 0 Å². The van der Waals surface area contributed by atoms with E-state index in [1.807, 2.05) is 12.1 Å². The van der Waals surface area contributed by atoms with Crippen LogP contribution in [0, 0.1) is 0 Å². The molecular weight excluding hydrogens is 395 g/mol. The molecule has 0 radical (unpaired) electrons. The molecule has 2 aliphatic heterocycles. The average Bonchev–Trinajstić information content (AvgIpc) is 2.88. The maximum absolute atomic E-state index is 13.3. The summed E-state index contributed by atoms with van der Waals surface area (Å²) in [4.78, 5) is 4.06. The highest BCUT2D eigenvalue weighted by Crippen LogP contribution is 2.43. The molecule has 2 saturated heterocycles. The van der Waals surface area contributed by atoms with Crippen LogP contribution in [0.1, 0.15) is 25.7 Å². The lowest BCUT2D eigenvalue weighted by atomic mass is 10.0. The van der Waals surface area contributed by atoms with E-state index in [2.05, 4.69) is 4.98 Å². The Labute approximate surface area is 162 Å². The van der Waals surface area contributed by atoms with E-state index in [9.17, 15) is 8.42 Å². The fourth-order valence-corrected chi connectivity index (χ4v) is 7.01. The van der Waals surface area contributed by atoms with Crippen LogP contribution in [-0.2, 0) is 10.0 Å². The molecule has 8 heteroatoms. The van der Waals surface area contributed by atoms with Crippen molar-refractivity contribution in [2.75, 3.05) is 0 Å². The van der Waals surface area contributed by atoms with Gasteiger partial charge in [0.1, 0.15) is 16.7 Å². The molecular formula is C18H18Cl2N2O3S. The number of nitrogens with zero attached hydrogens (tertiary/aromatic N) is 2. The van der Waals surface area contributed by atoms with Crippen molar-refractivity contribution in [3.8, 4) is 5.75 Å². The Balaban J connectivity index is 1.58. The summed E-state index contributed by atoms with van der Waals surface area (Å²) in [5, 5.41) is 0.316. The Morgan fingerprint density at radius 1 is 1.04 bits per heavy atom. The van der Waals surface area contributed by atoms with Crippen LogP contribution in [0.15, 0.2) is 47.6 Å². The lowest BCUT2D eigenvalue weighted by Crippen LogP contribution is -2.49. The number of benzene rings is 1. The van der Waals surface area contributed by atoms with E-state index >= 15 is 0 Å². The fourth-order valence-electron chi connectivity index (χ4n) is 4.02. The van der Waals surface area contributed by atoms with Gasteiger partial charge in [-0.25, -0.2) is 8.42 Å². The zero-order valence-electron chi connectivity index (χ0n) is 13.9. The third-order valence-electron chi connectivity index (χ3n) is 5.01. The molecule has 0 aliphatic carbocycles. The molecule has 2 unspecified atom stereocenters. The van der Waals surface area contributed by atoms with Crippen LogP contribution in [-0.4, -0.2) is 35.9 Å². The van der Waals surface area contributed by atoms with Gasteiger partial charge in [-0.2, -0.15) is 4.31 Å². The van der Waals surface area contributed by atoms with Gasteiger partial charge in [-0.15, -0.1) is 0 Å². The Hall–Kier alpha value is -1.34. The Morgan fingerprint density at radius 2 is 1.69 bits per heavy atom. The smallest absolute Gasteiger partial charge is 0.246 e. The Bertz CT molecular complexity index is 874. The second-order valence-corrected chi connectivity index (χ2v) is 9.27. The van der Waals surface area contributed by atoms with Crippen molar-refractivity contribution in [2.24, 2.45) is 0 Å². The number of fused-ring (bicyclic) bond motifs is 2. The number of ether oxygens (including phenoxy) is 1. The highest BCUT2D eigenvalue weighted by atomic mass is 35.5. The zero-order valence-corrected chi connectivity index (χ0v) is 16.2. The first-order valence-electron chi connectivity index (χ1n) is 8.51. The van der Waals surface area contributed by atoms with Crippen LogP contribution in [0.2, 0.25) is 10.0 Å². The van der Waals surface area contributed by atoms with Crippen LogP contribution < -0.4 is 4.74 Å². The molecule has 1 aromatic heterocycles. The lowest BCUT2D eigenvalue weighted by Gasteiger charge is -2.38.